The van der Waals surface area contributed by atoms with Crippen LogP contribution in [0.15, 0.2) is 24.3 Å². The number of carboxylic acid groups (broad SMARTS) is 2. The SMILES string of the molecule is O=C(O)c1ccc(C(=O)O)cc1.[CH3][K]. The molecule has 0 fully saturated rings. The second-order valence-electron chi connectivity index (χ2n) is 2.19. The summed E-state index contributed by atoms with van der Waals surface area (Å²) in [7, 11) is 0. The average molecular weight is 220 g/mol. The van der Waals surface area contributed by atoms with E-state index in [1.807, 2.05) is 0 Å². The van der Waals surface area contributed by atoms with Crippen molar-refractivity contribution in [2.75, 3.05) is 0 Å². The maximum absolute atomic E-state index is 10.3. The first-order chi connectivity index (χ1) is 6.61. The standard InChI is InChI=1S/C8H6O4.CH3.K/c9-7(10)5-1-2-6(4-3-5)8(11)12;;/h1-4H,(H,9,10)(H,11,12);1H3;. The first-order valence-electron chi connectivity index (χ1n) is 4.18. The summed E-state index contributed by atoms with van der Waals surface area (Å²) >= 11 is 1.06. The van der Waals surface area contributed by atoms with Gasteiger partial charge in [0, 0.05) is 0 Å². The van der Waals surface area contributed by atoms with Gasteiger partial charge in [0.2, 0.25) is 0 Å². The van der Waals surface area contributed by atoms with Crippen LogP contribution in [0, 0.1) is 0 Å². The minimum absolute atomic E-state index is 0.0833. The van der Waals surface area contributed by atoms with Crippen LogP contribution in [-0.2, 0) is 0 Å². The molecule has 1 aromatic rings. The second kappa shape index (κ2) is 7.14. The Bertz CT molecular complexity index is 285. The van der Waals surface area contributed by atoms with Gasteiger partial charge >= 0.3 is 61.9 Å². The van der Waals surface area contributed by atoms with Crippen molar-refractivity contribution >= 4 is 60.9 Å². The summed E-state index contributed by atoms with van der Waals surface area (Å²) in [6.07, 6.45) is 0. The van der Waals surface area contributed by atoms with Gasteiger partial charge in [-0.25, -0.2) is 9.59 Å². The Hall–Kier alpha value is -0.204. The molecule has 70 valence electrons. The molecule has 0 radical (unpaired) electrons. The summed E-state index contributed by atoms with van der Waals surface area (Å²) in [5, 5.41) is 16.9. The first kappa shape index (κ1) is 13.8. The number of hydrogen-bond acceptors (Lipinski definition) is 2. The molecule has 0 heterocycles. The van der Waals surface area contributed by atoms with E-state index in [4.69, 9.17) is 10.2 Å². The average Bonchev–Trinajstić information content (AvgIpc) is 2.21. The van der Waals surface area contributed by atoms with Crippen molar-refractivity contribution in [2.45, 2.75) is 1.02 Å². The normalized spacial score (nSPS) is 8.50. The summed E-state index contributed by atoms with van der Waals surface area (Å²) in [5.41, 5.74) is 0.167. The van der Waals surface area contributed by atoms with Crippen molar-refractivity contribution in [1.29, 1.82) is 0 Å². The molecule has 0 saturated heterocycles. The van der Waals surface area contributed by atoms with Crippen LogP contribution in [0.4, 0.5) is 0 Å². The zero-order valence-corrected chi connectivity index (χ0v) is 11.1. The van der Waals surface area contributed by atoms with Gasteiger partial charge < -0.3 is 10.2 Å². The molecule has 2 N–H and O–H groups in total. The molecule has 0 aliphatic rings. The molecule has 0 atom stereocenters. The van der Waals surface area contributed by atoms with Crippen LogP contribution < -0.4 is 0 Å². The molecule has 5 heteroatoms. The molecular weight excluding hydrogens is 211 g/mol. The van der Waals surface area contributed by atoms with Gasteiger partial charge in [0.15, 0.2) is 0 Å². The molecule has 0 aromatic heterocycles. The van der Waals surface area contributed by atoms with Gasteiger partial charge in [-0.15, -0.1) is 0 Å². The fraction of sp³-hybridized carbons (Fsp3) is 0.111. The molecule has 0 unspecified atom stereocenters. The molecule has 1 aromatic carbocycles. The summed E-state index contributed by atoms with van der Waals surface area (Å²) in [6, 6.07) is 5.02. The Kier molecular flexibility index (Phi) is 7.03. The van der Waals surface area contributed by atoms with Gasteiger partial charge in [-0.2, -0.15) is 0 Å². The van der Waals surface area contributed by atoms with Crippen LogP contribution >= 0.6 is 0 Å². The Morgan fingerprint density at radius 2 is 1.14 bits per heavy atom. The Labute approximate surface area is 116 Å². The van der Waals surface area contributed by atoms with Crippen LogP contribution in [0.25, 0.3) is 0 Å². The van der Waals surface area contributed by atoms with E-state index in [1.165, 1.54) is 24.3 Å². The van der Waals surface area contributed by atoms with Gasteiger partial charge in [0.25, 0.3) is 0 Å². The molecular formula is C9H9KO4. The number of carbonyl (C=O) groups is 2. The molecule has 0 aliphatic heterocycles. The zero-order valence-electron chi connectivity index (χ0n) is 8.02. The van der Waals surface area contributed by atoms with E-state index >= 15 is 0 Å². The molecule has 0 saturated carbocycles. The van der Waals surface area contributed by atoms with Crippen molar-refractivity contribution in [3.05, 3.63) is 35.4 Å². The number of carboxylic acids is 2. The third-order valence-corrected chi connectivity index (χ3v) is 1.38. The van der Waals surface area contributed by atoms with E-state index in [0.717, 1.165) is 49.0 Å². The molecule has 0 spiro atoms. The van der Waals surface area contributed by atoms with Gasteiger partial charge in [-0.3, -0.25) is 0 Å². The van der Waals surface area contributed by atoms with Crippen LogP contribution in [0.2, 0.25) is 1.02 Å². The number of hydrogen-bond donors (Lipinski definition) is 2. The first-order valence-corrected chi connectivity index (χ1v) is 7.30. The molecule has 0 aliphatic carbocycles. The Morgan fingerprint density at radius 3 is 1.29 bits per heavy atom. The fourth-order valence-electron chi connectivity index (χ4n) is 0.755. The monoisotopic (exact) mass is 220 g/mol. The fourth-order valence-corrected chi connectivity index (χ4v) is 0.755. The number of rotatable bonds is 2. The van der Waals surface area contributed by atoms with E-state index < -0.39 is 11.9 Å². The predicted octanol–water partition coefficient (Wildman–Crippen LogP) is 1.29. The molecule has 14 heavy (non-hydrogen) atoms. The van der Waals surface area contributed by atoms with E-state index in [-0.39, 0.29) is 11.1 Å². The van der Waals surface area contributed by atoms with Crippen LogP contribution in [0.3, 0.4) is 0 Å². The van der Waals surface area contributed by atoms with Crippen molar-refractivity contribution in [3.63, 3.8) is 0 Å². The van der Waals surface area contributed by atoms with Gasteiger partial charge in [0.05, 0.1) is 11.1 Å². The second-order valence-corrected chi connectivity index (χ2v) is 2.19. The third kappa shape index (κ3) is 4.34. The minimum atomic E-state index is -1.06. The molecule has 1 rings (SSSR count). The number of aromatic carboxylic acids is 2. The molecule has 0 bridgehead atoms. The zero-order chi connectivity index (χ0) is 11.1. The van der Waals surface area contributed by atoms with Crippen molar-refractivity contribution in [1.82, 2.24) is 0 Å². The quantitative estimate of drug-likeness (QED) is 0.736. The maximum atomic E-state index is 10.3. The van der Waals surface area contributed by atoms with Crippen LogP contribution in [0.1, 0.15) is 20.7 Å². The van der Waals surface area contributed by atoms with E-state index in [1.54, 1.807) is 0 Å². The van der Waals surface area contributed by atoms with Crippen molar-refractivity contribution in [3.8, 4) is 0 Å². The molecule has 0 amide bonds. The summed E-state index contributed by atoms with van der Waals surface area (Å²) in [4.78, 5) is 20.7. The van der Waals surface area contributed by atoms with Crippen molar-refractivity contribution < 1.29 is 19.8 Å². The van der Waals surface area contributed by atoms with Gasteiger partial charge in [-0.1, -0.05) is 0 Å². The summed E-state index contributed by atoms with van der Waals surface area (Å²) in [5.74, 6) is -2.13. The molecule has 4 nitrogen and oxygen atoms in total. The predicted molar refractivity (Wildman–Crippen MR) is 52.0 cm³/mol. The Morgan fingerprint density at radius 1 is 0.929 bits per heavy atom. The van der Waals surface area contributed by atoms with Gasteiger partial charge in [0.1, 0.15) is 0 Å². The van der Waals surface area contributed by atoms with Crippen molar-refractivity contribution in [2.24, 2.45) is 0 Å². The van der Waals surface area contributed by atoms with E-state index in [9.17, 15) is 9.59 Å². The van der Waals surface area contributed by atoms with E-state index in [0.29, 0.717) is 0 Å². The van der Waals surface area contributed by atoms with Crippen LogP contribution in [-0.4, -0.2) is 71.1 Å². The third-order valence-electron chi connectivity index (χ3n) is 1.38. The number of benzene rings is 1. The van der Waals surface area contributed by atoms with E-state index in [2.05, 4.69) is 1.02 Å². The topological polar surface area (TPSA) is 74.6 Å². The Balaban J connectivity index is 0.000000791. The summed E-state index contributed by atoms with van der Waals surface area (Å²) < 4.78 is 2.19. The van der Waals surface area contributed by atoms with Gasteiger partial charge in [-0.05, 0) is 24.3 Å². The van der Waals surface area contributed by atoms with Crippen LogP contribution in [0.5, 0.6) is 0 Å². The summed E-state index contributed by atoms with van der Waals surface area (Å²) in [6.45, 7) is 0.